The highest BCUT2D eigenvalue weighted by atomic mass is 32.1. The molecule has 1 rings (SSSR count). The fourth-order valence-electron chi connectivity index (χ4n) is 1.37. The van der Waals surface area contributed by atoms with Gasteiger partial charge >= 0.3 is 0 Å². The Balaban J connectivity index is 2.44. The van der Waals surface area contributed by atoms with Crippen LogP contribution in [0, 0.1) is 5.92 Å². The molecule has 1 fully saturated rings. The molecule has 0 radical (unpaired) electrons. The van der Waals surface area contributed by atoms with E-state index in [0.717, 1.165) is 31.6 Å². The summed E-state index contributed by atoms with van der Waals surface area (Å²) in [6.45, 7) is 2.16. The van der Waals surface area contributed by atoms with Crippen LogP contribution in [0.4, 0.5) is 0 Å². The molecule has 0 saturated carbocycles. The van der Waals surface area contributed by atoms with E-state index in [1.807, 2.05) is 6.08 Å². The van der Waals surface area contributed by atoms with Gasteiger partial charge in [-0.25, -0.2) is 0 Å². The van der Waals surface area contributed by atoms with Gasteiger partial charge in [-0.05, 0) is 32.0 Å². The van der Waals surface area contributed by atoms with Crippen LogP contribution in [0.5, 0.6) is 0 Å². The van der Waals surface area contributed by atoms with Crippen molar-refractivity contribution >= 4 is 17.6 Å². The lowest BCUT2D eigenvalue weighted by atomic mass is 9.95. The monoisotopic (exact) mass is 170 g/mol. The Morgan fingerprint density at radius 3 is 2.64 bits per heavy atom. The minimum Gasteiger partial charge on any atom is -0.402 e. The number of allylic oxidation sites excluding steroid dienone is 2. The molecule has 1 heterocycles. The number of hydrogen-bond donors (Lipinski definition) is 2. The molecule has 0 aromatic carbocycles. The van der Waals surface area contributed by atoms with E-state index in [1.54, 1.807) is 5.37 Å². The highest BCUT2D eigenvalue weighted by Gasteiger charge is 2.14. The Labute approximate surface area is 72.8 Å². The van der Waals surface area contributed by atoms with Gasteiger partial charge in [0.25, 0.3) is 0 Å². The summed E-state index contributed by atoms with van der Waals surface area (Å²) in [4.78, 5) is 0. The maximum atomic E-state index is 5.79. The molecule has 62 valence electrons. The van der Waals surface area contributed by atoms with Crippen LogP contribution >= 0.6 is 12.2 Å². The molecule has 0 aromatic heterocycles. The number of nitrogens with one attached hydrogen (secondary N) is 1. The first-order valence-corrected chi connectivity index (χ1v) is 4.43. The maximum Gasteiger partial charge on any atom is 0.0121 e. The van der Waals surface area contributed by atoms with Gasteiger partial charge < -0.3 is 11.1 Å². The summed E-state index contributed by atoms with van der Waals surface area (Å²) in [6, 6.07) is 0. The third kappa shape index (κ3) is 2.60. The fraction of sp³-hybridized carbons (Fsp3) is 0.625. The van der Waals surface area contributed by atoms with Gasteiger partial charge in [-0.15, -0.1) is 0 Å². The molecule has 0 amide bonds. The van der Waals surface area contributed by atoms with Crippen molar-refractivity contribution in [2.75, 3.05) is 13.1 Å². The largest absolute Gasteiger partial charge is 0.402 e. The summed E-state index contributed by atoms with van der Waals surface area (Å²) < 4.78 is 0. The summed E-state index contributed by atoms with van der Waals surface area (Å²) >= 11 is 4.70. The van der Waals surface area contributed by atoms with Crippen molar-refractivity contribution in [3.8, 4) is 0 Å². The standard InChI is InChI=1S/C8H14N2S/c9-8(3-6-11)7-1-4-10-5-2-7/h3,6-7,10H,1-2,4-5,9H2. The lowest BCUT2D eigenvalue weighted by Crippen LogP contribution is -2.30. The third-order valence-corrected chi connectivity index (χ3v) is 2.21. The van der Waals surface area contributed by atoms with E-state index in [2.05, 4.69) is 5.32 Å². The summed E-state index contributed by atoms with van der Waals surface area (Å²) in [5, 5.41) is 4.89. The van der Waals surface area contributed by atoms with Crippen molar-refractivity contribution in [1.82, 2.24) is 5.32 Å². The van der Waals surface area contributed by atoms with Crippen molar-refractivity contribution in [2.45, 2.75) is 12.8 Å². The molecule has 2 nitrogen and oxygen atoms in total. The summed E-state index contributed by atoms with van der Waals surface area (Å²) in [7, 11) is 0. The van der Waals surface area contributed by atoms with Crippen LogP contribution in [-0.2, 0) is 0 Å². The molecular weight excluding hydrogens is 156 g/mol. The van der Waals surface area contributed by atoms with Crippen LogP contribution < -0.4 is 11.1 Å². The number of thiocarbonyl (C=S) groups is 1. The zero-order chi connectivity index (χ0) is 8.10. The van der Waals surface area contributed by atoms with Crippen molar-refractivity contribution in [1.29, 1.82) is 0 Å². The first kappa shape index (κ1) is 8.68. The summed E-state index contributed by atoms with van der Waals surface area (Å²) in [5.74, 6) is 0.551. The van der Waals surface area contributed by atoms with Gasteiger partial charge in [-0.3, -0.25) is 0 Å². The smallest absolute Gasteiger partial charge is 0.0121 e. The fourth-order valence-corrected chi connectivity index (χ4v) is 1.53. The van der Waals surface area contributed by atoms with Gasteiger partial charge in [0.2, 0.25) is 0 Å². The highest BCUT2D eigenvalue weighted by molar-refractivity contribution is 7.79. The summed E-state index contributed by atoms with van der Waals surface area (Å²) in [5.41, 5.74) is 6.74. The molecule has 0 aliphatic carbocycles. The van der Waals surface area contributed by atoms with Crippen LogP contribution in [0.3, 0.4) is 0 Å². The predicted molar refractivity (Wildman–Crippen MR) is 51.5 cm³/mol. The van der Waals surface area contributed by atoms with E-state index >= 15 is 0 Å². The van der Waals surface area contributed by atoms with Gasteiger partial charge in [-0.2, -0.15) is 0 Å². The molecular formula is C8H14N2S. The summed E-state index contributed by atoms with van der Waals surface area (Å²) in [6.07, 6.45) is 4.13. The average molecular weight is 170 g/mol. The SMILES string of the molecule is NC(=CC=S)C1CCNCC1. The first-order valence-electron chi connectivity index (χ1n) is 3.96. The second kappa shape index (κ2) is 4.46. The van der Waals surface area contributed by atoms with Crippen LogP contribution in [0.1, 0.15) is 12.8 Å². The Bertz CT molecular complexity index is 159. The minimum atomic E-state index is 0.551. The predicted octanol–water partition coefficient (Wildman–Crippen LogP) is 0.828. The van der Waals surface area contributed by atoms with Crippen molar-refractivity contribution in [3.63, 3.8) is 0 Å². The number of rotatable bonds is 2. The second-order valence-electron chi connectivity index (χ2n) is 2.83. The van der Waals surface area contributed by atoms with E-state index in [0.29, 0.717) is 5.92 Å². The first-order chi connectivity index (χ1) is 5.34. The molecule has 1 aliphatic rings. The number of piperidine rings is 1. The van der Waals surface area contributed by atoms with E-state index < -0.39 is 0 Å². The van der Waals surface area contributed by atoms with E-state index in [-0.39, 0.29) is 0 Å². The van der Waals surface area contributed by atoms with E-state index in [1.165, 1.54) is 0 Å². The van der Waals surface area contributed by atoms with Crippen molar-refractivity contribution in [3.05, 3.63) is 11.8 Å². The van der Waals surface area contributed by atoms with Crippen molar-refractivity contribution < 1.29 is 0 Å². The van der Waals surface area contributed by atoms with Crippen LogP contribution in [0.2, 0.25) is 0 Å². The average Bonchev–Trinajstić information content (AvgIpc) is 2.07. The van der Waals surface area contributed by atoms with E-state index in [9.17, 15) is 0 Å². The molecule has 3 heteroatoms. The maximum absolute atomic E-state index is 5.79. The Morgan fingerprint density at radius 2 is 2.09 bits per heavy atom. The van der Waals surface area contributed by atoms with Crippen LogP contribution in [-0.4, -0.2) is 18.5 Å². The highest BCUT2D eigenvalue weighted by Crippen LogP contribution is 2.16. The van der Waals surface area contributed by atoms with Gasteiger partial charge in [0.15, 0.2) is 0 Å². The molecule has 0 bridgehead atoms. The number of hydrogen-bond acceptors (Lipinski definition) is 3. The molecule has 0 atom stereocenters. The molecule has 0 unspecified atom stereocenters. The second-order valence-corrected chi connectivity index (χ2v) is 3.10. The molecule has 0 spiro atoms. The number of nitrogens with two attached hydrogens (primary N) is 1. The van der Waals surface area contributed by atoms with Crippen LogP contribution in [0.25, 0.3) is 0 Å². The topological polar surface area (TPSA) is 38.0 Å². The zero-order valence-electron chi connectivity index (χ0n) is 6.55. The Morgan fingerprint density at radius 1 is 1.45 bits per heavy atom. The van der Waals surface area contributed by atoms with Gasteiger partial charge in [-0.1, -0.05) is 12.2 Å². The van der Waals surface area contributed by atoms with Crippen molar-refractivity contribution in [2.24, 2.45) is 11.7 Å². The van der Waals surface area contributed by atoms with Gasteiger partial charge in [0.05, 0.1) is 0 Å². The Kier molecular flexibility index (Phi) is 3.52. The van der Waals surface area contributed by atoms with E-state index in [4.69, 9.17) is 18.0 Å². The lowest BCUT2D eigenvalue weighted by molar-refractivity contribution is 0.417. The molecule has 1 saturated heterocycles. The van der Waals surface area contributed by atoms with Gasteiger partial charge in [0.1, 0.15) is 0 Å². The minimum absolute atomic E-state index is 0.551. The van der Waals surface area contributed by atoms with Gasteiger partial charge in [0, 0.05) is 17.0 Å². The molecule has 1 aliphatic heterocycles. The zero-order valence-corrected chi connectivity index (χ0v) is 7.36. The molecule has 0 aromatic rings. The quantitative estimate of drug-likeness (QED) is 0.476. The Hall–Kier alpha value is -0.410. The molecule has 11 heavy (non-hydrogen) atoms. The molecule has 3 N–H and O–H groups in total. The van der Waals surface area contributed by atoms with Crippen LogP contribution in [0.15, 0.2) is 11.8 Å². The lowest BCUT2D eigenvalue weighted by Gasteiger charge is -2.22. The third-order valence-electron chi connectivity index (χ3n) is 2.07. The normalized spacial score (nSPS) is 21.6.